The van der Waals surface area contributed by atoms with Crippen LogP contribution in [0.5, 0.6) is 5.75 Å². The Morgan fingerprint density at radius 1 is 1.30 bits per heavy atom. The van der Waals surface area contributed by atoms with Gasteiger partial charge in [0.05, 0.1) is 5.92 Å². The molecule has 0 fully saturated rings. The fourth-order valence-electron chi connectivity index (χ4n) is 3.04. The van der Waals surface area contributed by atoms with Crippen LogP contribution in [0.3, 0.4) is 0 Å². The normalized spacial score (nSPS) is 19.1. The minimum absolute atomic E-state index is 0.0306. The number of aliphatic hydroxyl groups excluding tert-OH is 1. The number of hydrogen-bond acceptors (Lipinski definition) is 5. The van der Waals surface area contributed by atoms with Gasteiger partial charge in [0.15, 0.2) is 19.0 Å². The average Bonchev–Trinajstić information content (AvgIpc) is 2.66. The number of nitriles is 1. The highest BCUT2D eigenvalue weighted by molar-refractivity contribution is 5.84. The summed E-state index contributed by atoms with van der Waals surface area (Å²) in [6.45, 7) is -0.294. The van der Waals surface area contributed by atoms with Crippen LogP contribution in [-0.2, 0) is 9.59 Å². The molecule has 2 aromatic rings. The molecule has 0 radical (unpaired) electrons. The lowest BCUT2D eigenvalue weighted by Crippen LogP contribution is -2.53. The first-order valence-corrected chi connectivity index (χ1v) is 8.12. The first-order valence-electron chi connectivity index (χ1n) is 8.12. The molecular formula is C19H17N4O4+. The molecule has 136 valence electrons. The molecule has 1 aliphatic heterocycles. The Labute approximate surface area is 155 Å². The van der Waals surface area contributed by atoms with E-state index in [1.807, 2.05) is 12.1 Å². The van der Waals surface area contributed by atoms with E-state index in [4.69, 9.17) is 10.5 Å². The SMILES string of the molecule is N#CC1=C(O)NC(=O)[C@H]([n+]2ccccc2)[C@@H]1c1cccc(OCC(N)=O)c1. The highest BCUT2D eigenvalue weighted by Gasteiger charge is 2.45. The molecule has 0 saturated carbocycles. The van der Waals surface area contributed by atoms with Gasteiger partial charge in [0.2, 0.25) is 11.9 Å². The van der Waals surface area contributed by atoms with Gasteiger partial charge in [0.25, 0.3) is 11.8 Å². The predicted molar refractivity (Wildman–Crippen MR) is 93.0 cm³/mol. The Kier molecular flexibility index (Phi) is 5.04. The zero-order chi connectivity index (χ0) is 19.4. The van der Waals surface area contributed by atoms with Crippen molar-refractivity contribution in [1.29, 1.82) is 5.26 Å². The molecule has 0 unspecified atom stereocenters. The summed E-state index contributed by atoms with van der Waals surface area (Å²) in [5, 5.41) is 22.0. The fraction of sp³-hybridized carbons (Fsp3) is 0.158. The Bertz CT molecular complexity index is 950. The van der Waals surface area contributed by atoms with Crippen LogP contribution in [0, 0.1) is 11.3 Å². The third-order valence-corrected chi connectivity index (χ3v) is 4.17. The minimum Gasteiger partial charge on any atom is -0.494 e. The van der Waals surface area contributed by atoms with Crippen molar-refractivity contribution in [3.05, 3.63) is 71.9 Å². The van der Waals surface area contributed by atoms with Gasteiger partial charge in [-0.3, -0.25) is 14.9 Å². The number of rotatable bonds is 5. The van der Waals surface area contributed by atoms with Gasteiger partial charge in [-0.1, -0.05) is 18.2 Å². The molecule has 4 N–H and O–H groups in total. The van der Waals surface area contributed by atoms with Gasteiger partial charge in [-0.25, -0.2) is 0 Å². The summed E-state index contributed by atoms with van der Waals surface area (Å²) in [5.41, 5.74) is 5.71. The molecule has 2 heterocycles. The molecule has 1 aromatic heterocycles. The van der Waals surface area contributed by atoms with Crippen LogP contribution in [0.25, 0.3) is 0 Å². The number of nitrogens with one attached hydrogen (secondary N) is 1. The monoisotopic (exact) mass is 365 g/mol. The third-order valence-electron chi connectivity index (χ3n) is 4.17. The van der Waals surface area contributed by atoms with Crippen molar-refractivity contribution in [3.8, 4) is 11.8 Å². The maximum atomic E-state index is 12.6. The van der Waals surface area contributed by atoms with Crippen molar-refractivity contribution in [2.45, 2.75) is 12.0 Å². The van der Waals surface area contributed by atoms with E-state index >= 15 is 0 Å². The van der Waals surface area contributed by atoms with E-state index in [0.717, 1.165) is 0 Å². The van der Waals surface area contributed by atoms with Gasteiger partial charge in [0, 0.05) is 12.1 Å². The first kappa shape index (κ1) is 17.9. The molecule has 0 aliphatic carbocycles. The number of nitrogens with zero attached hydrogens (tertiary/aromatic N) is 2. The summed E-state index contributed by atoms with van der Waals surface area (Å²) >= 11 is 0. The number of pyridine rings is 1. The van der Waals surface area contributed by atoms with Crippen molar-refractivity contribution in [3.63, 3.8) is 0 Å². The molecule has 0 spiro atoms. The lowest BCUT2D eigenvalue weighted by atomic mass is 9.82. The van der Waals surface area contributed by atoms with Crippen molar-refractivity contribution in [2.24, 2.45) is 5.73 Å². The lowest BCUT2D eigenvalue weighted by Gasteiger charge is -2.27. The molecule has 8 nitrogen and oxygen atoms in total. The van der Waals surface area contributed by atoms with Crippen LogP contribution >= 0.6 is 0 Å². The molecular weight excluding hydrogens is 348 g/mol. The Morgan fingerprint density at radius 3 is 2.70 bits per heavy atom. The average molecular weight is 365 g/mol. The quantitative estimate of drug-likeness (QED) is 0.668. The standard InChI is InChI=1S/C19H16N4O4/c20-10-14-16(12-5-4-6-13(9-12)27-11-15(21)24)17(19(26)22-18(14)25)23-7-2-1-3-8-23/h1-9,16-17H,11H2,(H3-,21,22,24,25,26)/p+1/t16-,17-/m1/s1. The Morgan fingerprint density at radius 2 is 2.04 bits per heavy atom. The van der Waals surface area contributed by atoms with E-state index in [1.54, 1.807) is 53.4 Å². The number of carbonyl (C=O) groups is 2. The second-order valence-electron chi connectivity index (χ2n) is 5.94. The van der Waals surface area contributed by atoms with E-state index in [0.29, 0.717) is 11.3 Å². The predicted octanol–water partition coefficient (Wildman–Crippen LogP) is 0.586. The van der Waals surface area contributed by atoms with Gasteiger partial charge in [-0.15, -0.1) is 0 Å². The molecule has 27 heavy (non-hydrogen) atoms. The van der Waals surface area contributed by atoms with Crippen LogP contribution < -0.4 is 20.4 Å². The van der Waals surface area contributed by atoms with E-state index in [-0.39, 0.29) is 12.2 Å². The van der Waals surface area contributed by atoms with E-state index in [9.17, 15) is 20.0 Å². The summed E-state index contributed by atoms with van der Waals surface area (Å²) in [6, 6.07) is 13.2. The number of nitrogens with two attached hydrogens (primary N) is 1. The number of aromatic nitrogens is 1. The number of allylic oxidation sites excluding steroid dienone is 1. The zero-order valence-electron chi connectivity index (χ0n) is 14.2. The molecule has 8 heteroatoms. The first-order chi connectivity index (χ1) is 13.0. The van der Waals surface area contributed by atoms with Crippen molar-refractivity contribution < 1.29 is 24.0 Å². The van der Waals surface area contributed by atoms with Crippen LogP contribution in [-0.4, -0.2) is 23.5 Å². The highest BCUT2D eigenvalue weighted by Crippen LogP contribution is 2.37. The lowest BCUT2D eigenvalue weighted by molar-refractivity contribution is -0.711. The van der Waals surface area contributed by atoms with E-state index < -0.39 is 29.7 Å². The number of benzene rings is 1. The summed E-state index contributed by atoms with van der Waals surface area (Å²) < 4.78 is 6.99. The summed E-state index contributed by atoms with van der Waals surface area (Å²) in [7, 11) is 0. The van der Waals surface area contributed by atoms with Crippen LogP contribution in [0.1, 0.15) is 17.5 Å². The van der Waals surface area contributed by atoms with Crippen molar-refractivity contribution >= 4 is 11.8 Å². The molecule has 3 rings (SSSR count). The van der Waals surface area contributed by atoms with E-state index in [1.165, 1.54) is 0 Å². The molecule has 1 aromatic carbocycles. The minimum atomic E-state index is -0.789. The van der Waals surface area contributed by atoms with E-state index in [2.05, 4.69) is 5.32 Å². The second-order valence-corrected chi connectivity index (χ2v) is 5.94. The number of primary amides is 1. The van der Waals surface area contributed by atoms with Gasteiger partial charge >= 0.3 is 0 Å². The van der Waals surface area contributed by atoms with Crippen molar-refractivity contribution in [2.75, 3.05) is 6.61 Å². The Balaban J connectivity index is 2.09. The highest BCUT2D eigenvalue weighted by atomic mass is 16.5. The number of ether oxygens (including phenoxy) is 1. The van der Waals surface area contributed by atoms with Crippen molar-refractivity contribution in [1.82, 2.24) is 5.32 Å². The third kappa shape index (κ3) is 3.72. The number of carbonyl (C=O) groups excluding carboxylic acids is 2. The summed E-state index contributed by atoms with van der Waals surface area (Å²) in [6.07, 6.45) is 3.42. The van der Waals surface area contributed by atoms with Crippen LogP contribution in [0.15, 0.2) is 66.3 Å². The van der Waals surface area contributed by atoms with Crippen LogP contribution in [0.2, 0.25) is 0 Å². The van der Waals surface area contributed by atoms with Gasteiger partial charge in [-0.2, -0.15) is 9.83 Å². The Hall–Kier alpha value is -3.86. The van der Waals surface area contributed by atoms with Crippen LogP contribution in [0.4, 0.5) is 0 Å². The molecule has 1 aliphatic rings. The molecule has 0 saturated heterocycles. The summed E-state index contributed by atoms with van der Waals surface area (Å²) in [5.74, 6) is -1.91. The second kappa shape index (κ2) is 7.58. The summed E-state index contributed by atoms with van der Waals surface area (Å²) in [4.78, 5) is 23.6. The van der Waals surface area contributed by atoms with Gasteiger partial charge in [0.1, 0.15) is 17.4 Å². The number of aliphatic hydroxyl groups is 1. The molecule has 2 atom stereocenters. The number of hydrogen-bond donors (Lipinski definition) is 3. The topological polar surface area (TPSA) is 129 Å². The molecule has 0 bridgehead atoms. The zero-order valence-corrected chi connectivity index (χ0v) is 14.2. The largest absolute Gasteiger partial charge is 0.494 e. The molecule has 2 amide bonds. The maximum absolute atomic E-state index is 12.6. The maximum Gasteiger partial charge on any atom is 0.296 e. The van der Waals surface area contributed by atoms with Gasteiger partial charge in [-0.05, 0) is 17.7 Å². The smallest absolute Gasteiger partial charge is 0.296 e. The van der Waals surface area contributed by atoms with Gasteiger partial charge < -0.3 is 15.6 Å². The number of amides is 2. The fourth-order valence-corrected chi connectivity index (χ4v) is 3.04.